The van der Waals surface area contributed by atoms with Crippen LogP contribution in [0, 0.1) is 0 Å². The molecule has 0 amide bonds. The van der Waals surface area contributed by atoms with Gasteiger partial charge in [-0.1, -0.05) is 77.1 Å². The van der Waals surface area contributed by atoms with Crippen LogP contribution in [-0.2, 0) is 25.8 Å². The van der Waals surface area contributed by atoms with Gasteiger partial charge in [0.25, 0.3) is 0 Å². The van der Waals surface area contributed by atoms with E-state index in [1.807, 2.05) is 0 Å². The second kappa shape index (κ2) is 14.3. The Morgan fingerprint density at radius 2 is 1.09 bits per heavy atom. The van der Waals surface area contributed by atoms with Crippen LogP contribution >= 0.6 is 7.92 Å². The molecule has 0 N–H and O–H groups in total. The molecular weight excluding hydrogens is 617 g/mol. The first-order valence-electron chi connectivity index (χ1n) is 10.7. The van der Waals surface area contributed by atoms with Gasteiger partial charge in [0.1, 0.15) is 0 Å². The zero-order valence-electron chi connectivity index (χ0n) is 18.7. The standard InChI is InChI=1S/C15H20P.C13H9.2ClH.Hf/c1-3-9-16(10-4-2)15-11-13-7-5-6-8-14(13)12-15;1-3-7-12-10(5-1)9-11-6-2-4-8-13(11)12;;;/h5-8,11-12H,3-4,9-10H2,1-2H3;1-9H;2*1H;/q2*-1;;;+4/p-2. The topological polar surface area (TPSA) is 0 Å². The normalized spacial score (nSPS) is 10.2. The molecule has 0 heterocycles. The van der Waals surface area contributed by atoms with E-state index in [2.05, 4.69) is 105 Å². The third kappa shape index (κ3) is 6.77. The maximum atomic E-state index is 2.41. The summed E-state index contributed by atoms with van der Waals surface area (Å²) in [5.74, 6) is 0. The molecule has 0 aliphatic rings. The predicted octanol–water partition coefficient (Wildman–Crippen LogP) is 2.20. The zero-order valence-corrected chi connectivity index (χ0v) is 24.7. The minimum Gasteiger partial charge on any atom is -1.00 e. The smallest absolute Gasteiger partial charge is 1.00 e. The van der Waals surface area contributed by atoms with Crippen molar-refractivity contribution in [3.8, 4) is 0 Å². The average Bonchev–Trinajstić information content (AvgIpc) is 3.35. The largest absolute Gasteiger partial charge is 4.00 e. The number of benzene rings is 3. The van der Waals surface area contributed by atoms with E-state index in [1.54, 1.807) is 5.30 Å². The number of rotatable bonds is 5. The monoisotopic (exact) mass is 646 g/mol. The molecule has 32 heavy (non-hydrogen) atoms. The van der Waals surface area contributed by atoms with Gasteiger partial charge in [-0.05, 0) is 12.3 Å². The molecule has 0 spiro atoms. The summed E-state index contributed by atoms with van der Waals surface area (Å²) < 4.78 is 0. The van der Waals surface area contributed by atoms with Crippen molar-refractivity contribution in [1.82, 2.24) is 0 Å². The van der Waals surface area contributed by atoms with Gasteiger partial charge in [0.15, 0.2) is 0 Å². The molecule has 0 aromatic heterocycles. The number of halogens is 2. The molecule has 0 saturated carbocycles. The van der Waals surface area contributed by atoms with Crippen molar-refractivity contribution in [2.75, 3.05) is 12.3 Å². The molecule has 0 nitrogen and oxygen atoms in total. The molecule has 0 saturated heterocycles. The van der Waals surface area contributed by atoms with Gasteiger partial charge in [-0.2, -0.15) is 6.07 Å². The Labute approximate surface area is 224 Å². The second-order valence-corrected chi connectivity index (χ2v) is 10.1. The third-order valence-electron chi connectivity index (χ3n) is 5.48. The van der Waals surface area contributed by atoms with Gasteiger partial charge in [-0.15, -0.1) is 80.1 Å². The summed E-state index contributed by atoms with van der Waals surface area (Å²) in [6, 6.07) is 32.8. The zero-order chi connectivity index (χ0) is 20.1. The first kappa shape index (κ1) is 29.1. The fraction of sp³-hybridized carbons (Fsp3) is 0.214. The van der Waals surface area contributed by atoms with Crippen LogP contribution in [0.15, 0.2) is 91.0 Å². The first-order chi connectivity index (χ1) is 14.3. The van der Waals surface area contributed by atoms with E-state index in [-0.39, 0.29) is 58.6 Å². The molecule has 0 aliphatic carbocycles. The molecular formula is C28H29Cl2HfP. The molecule has 164 valence electrons. The average molecular weight is 646 g/mol. The summed E-state index contributed by atoms with van der Waals surface area (Å²) in [5.41, 5.74) is 0. The van der Waals surface area contributed by atoms with Crippen molar-refractivity contribution in [1.29, 1.82) is 0 Å². The van der Waals surface area contributed by atoms with Crippen molar-refractivity contribution in [3.05, 3.63) is 91.0 Å². The van der Waals surface area contributed by atoms with Crippen molar-refractivity contribution in [2.24, 2.45) is 0 Å². The minimum absolute atomic E-state index is 0. The maximum Gasteiger partial charge on any atom is 4.00 e. The van der Waals surface area contributed by atoms with Gasteiger partial charge in [-0.25, -0.2) is 0 Å². The van der Waals surface area contributed by atoms with Gasteiger partial charge in [0.2, 0.25) is 0 Å². The molecule has 4 heteroatoms. The Bertz CT molecular complexity index is 1120. The van der Waals surface area contributed by atoms with Crippen LogP contribution in [0.4, 0.5) is 0 Å². The molecule has 0 fully saturated rings. The van der Waals surface area contributed by atoms with E-state index in [0.29, 0.717) is 0 Å². The van der Waals surface area contributed by atoms with Crippen LogP contribution in [-0.4, -0.2) is 12.3 Å². The van der Waals surface area contributed by atoms with E-state index < -0.39 is 0 Å². The van der Waals surface area contributed by atoms with E-state index >= 15 is 0 Å². The molecule has 0 aliphatic heterocycles. The summed E-state index contributed by atoms with van der Waals surface area (Å²) in [4.78, 5) is 0. The van der Waals surface area contributed by atoms with Gasteiger partial charge in [0.05, 0.1) is 0 Å². The molecule has 0 bridgehead atoms. The third-order valence-corrected chi connectivity index (χ3v) is 8.44. The Morgan fingerprint density at radius 3 is 1.59 bits per heavy atom. The minimum atomic E-state index is 0. The Morgan fingerprint density at radius 1 is 0.625 bits per heavy atom. The quantitative estimate of drug-likeness (QED) is 0.156. The maximum absolute atomic E-state index is 2.41. The molecule has 0 atom stereocenters. The number of hydrogen-bond donors (Lipinski definition) is 0. The molecule has 5 aromatic rings. The van der Waals surface area contributed by atoms with Gasteiger partial charge in [-0.3, -0.25) is 0 Å². The van der Waals surface area contributed by atoms with Crippen LogP contribution in [0.1, 0.15) is 26.7 Å². The van der Waals surface area contributed by atoms with Crippen LogP contribution in [0.3, 0.4) is 0 Å². The summed E-state index contributed by atoms with van der Waals surface area (Å²) >= 11 is 0. The van der Waals surface area contributed by atoms with E-state index in [1.165, 1.54) is 57.5 Å². The summed E-state index contributed by atoms with van der Waals surface area (Å²) in [6.07, 6.45) is 5.40. The molecule has 0 unspecified atom stereocenters. The van der Waals surface area contributed by atoms with Crippen molar-refractivity contribution in [3.63, 3.8) is 0 Å². The van der Waals surface area contributed by atoms with E-state index in [0.717, 1.165) is 0 Å². The SMILES string of the molecule is CCCP(CCC)c1cc2ccccc2[cH-]1.[Cl-].[Cl-].[Hf+4].c1ccc2c(c1)[cH-]c1ccccc12. The van der Waals surface area contributed by atoms with E-state index in [4.69, 9.17) is 0 Å². The molecule has 0 radical (unpaired) electrons. The van der Waals surface area contributed by atoms with Crippen molar-refractivity contribution < 1.29 is 50.7 Å². The van der Waals surface area contributed by atoms with Crippen LogP contribution in [0.2, 0.25) is 0 Å². The van der Waals surface area contributed by atoms with Crippen molar-refractivity contribution >= 4 is 45.5 Å². The van der Waals surface area contributed by atoms with Gasteiger partial charge >= 0.3 is 25.8 Å². The Hall–Kier alpha value is -0.980. The van der Waals surface area contributed by atoms with Gasteiger partial charge < -0.3 is 24.8 Å². The summed E-state index contributed by atoms with van der Waals surface area (Å²) in [5, 5.41) is 9.83. The molecule has 5 aromatic carbocycles. The predicted molar refractivity (Wildman–Crippen MR) is 133 cm³/mol. The second-order valence-electron chi connectivity index (χ2n) is 7.65. The first-order valence-corrected chi connectivity index (χ1v) is 12.4. The Balaban J connectivity index is 0.000000296. The fourth-order valence-corrected chi connectivity index (χ4v) is 6.59. The van der Waals surface area contributed by atoms with Crippen LogP contribution in [0.5, 0.6) is 0 Å². The molecule has 5 rings (SSSR count). The van der Waals surface area contributed by atoms with E-state index in [9.17, 15) is 0 Å². The number of fused-ring (bicyclic) bond motifs is 4. The van der Waals surface area contributed by atoms with Gasteiger partial charge in [0, 0.05) is 0 Å². The van der Waals surface area contributed by atoms with Crippen molar-refractivity contribution in [2.45, 2.75) is 26.7 Å². The Kier molecular flexibility index (Phi) is 13.0. The summed E-state index contributed by atoms with van der Waals surface area (Å²) in [7, 11) is 0.0972. The van der Waals surface area contributed by atoms with Crippen LogP contribution in [0.25, 0.3) is 32.3 Å². The van der Waals surface area contributed by atoms with Crippen LogP contribution < -0.4 is 30.1 Å². The fourth-order valence-electron chi connectivity index (χ4n) is 4.13. The number of hydrogen-bond acceptors (Lipinski definition) is 0. The summed E-state index contributed by atoms with van der Waals surface area (Å²) in [6.45, 7) is 4.60.